The second kappa shape index (κ2) is 8.54. The minimum Gasteiger partial charge on any atom is -0.381 e. The summed E-state index contributed by atoms with van der Waals surface area (Å²) in [5, 5.41) is 13.9. The number of hydrogen-bond acceptors (Lipinski definition) is 5. The molecule has 3 atom stereocenters. The van der Waals surface area contributed by atoms with Crippen LogP contribution in [0.2, 0.25) is 0 Å². The van der Waals surface area contributed by atoms with E-state index in [-0.39, 0.29) is 11.9 Å². The van der Waals surface area contributed by atoms with Gasteiger partial charge in [0.25, 0.3) is 5.91 Å². The SMILES string of the molecule is CC1=C[C@@H]2CCC2c2ncc(-c3cc4c(c([C@@H]5COCCN5)c3)CN(C(=O)C(C)(C)O)CC4)cc21. The van der Waals surface area contributed by atoms with Crippen molar-refractivity contribution in [1.29, 1.82) is 0 Å². The predicted molar refractivity (Wildman–Crippen MR) is 136 cm³/mol. The van der Waals surface area contributed by atoms with Crippen molar-refractivity contribution in [3.05, 3.63) is 58.4 Å². The van der Waals surface area contributed by atoms with E-state index in [9.17, 15) is 9.90 Å². The Labute approximate surface area is 207 Å². The fourth-order valence-electron chi connectivity index (χ4n) is 6.22. The number of hydrogen-bond donors (Lipinski definition) is 2. The van der Waals surface area contributed by atoms with Gasteiger partial charge in [0.2, 0.25) is 0 Å². The van der Waals surface area contributed by atoms with E-state index in [1.165, 1.54) is 51.9 Å². The van der Waals surface area contributed by atoms with Crippen LogP contribution in [0.1, 0.15) is 73.5 Å². The van der Waals surface area contributed by atoms with Crippen LogP contribution < -0.4 is 5.32 Å². The molecule has 1 saturated carbocycles. The smallest absolute Gasteiger partial charge is 0.254 e. The highest BCUT2D eigenvalue weighted by Gasteiger charge is 2.37. The van der Waals surface area contributed by atoms with E-state index in [4.69, 9.17) is 9.72 Å². The van der Waals surface area contributed by atoms with Crippen molar-refractivity contribution in [2.45, 2.75) is 64.1 Å². The third-order valence-electron chi connectivity index (χ3n) is 8.30. The summed E-state index contributed by atoms with van der Waals surface area (Å²) in [5.74, 6) is 1.04. The number of allylic oxidation sites excluding steroid dienone is 2. The van der Waals surface area contributed by atoms with Gasteiger partial charge in [-0.1, -0.05) is 12.1 Å². The first-order valence-corrected chi connectivity index (χ1v) is 13.0. The maximum atomic E-state index is 12.8. The van der Waals surface area contributed by atoms with E-state index in [0.717, 1.165) is 18.5 Å². The largest absolute Gasteiger partial charge is 0.381 e. The number of carbonyl (C=O) groups excluding carboxylic acids is 1. The Morgan fingerprint density at radius 3 is 2.80 bits per heavy atom. The predicted octanol–water partition coefficient (Wildman–Crippen LogP) is 3.98. The van der Waals surface area contributed by atoms with Gasteiger partial charge in [0.05, 0.1) is 24.9 Å². The average Bonchev–Trinajstić information content (AvgIpc) is 2.84. The van der Waals surface area contributed by atoms with Crippen LogP contribution in [0.4, 0.5) is 0 Å². The quantitative estimate of drug-likeness (QED) is 0.706. The molecule has 0 radical (unpaired) electrons. The molecule has 1 unspecified atom stereocenters. The highest BCUT2D eigenvalue weighted by atomic mass is 16.5. The van der Waals surface area contributed by atoms with Crippen LogP contribution >= 0.6 is 0 Å². The Hall–Kier alpha value is -2.54. The van der Waals surface area contributed by atoms with Crippen LogP contribution in [-0.2, 0) is 22.5 Å². The number of aromatic nitrogens is 1. The minimum absolute atomic E-state index is 0.0811. The second-order valence-corrected chi connectivity index (χ2v) is 11.2. The van der Waals surface area contributed by atoms with Crippen LogP contribution in [0.3, 0.4) is 0 Å². The number of nitrogens with one attached hydrogen (secondary N) is 1. The molecule has 184 valence electrons. The number of pyridine rings is 1. The fraction of sp³-hybridized carbons (Fsp3) is 0.517. The topological polar surface area (TPSA) is 74.7 Å². The van der Waals surface area contributed by atoms with Gasteiger partial charge in [-0.05, 0) is 91.5 Å². The first-order chi connectivity index (χ1) is 16.8. The van der Waals surface area contributed by atoms with E-state index < -0.39 is 5.60 Å². The summed E-state index contributed by atoms with van der Waals surface area (Å²) in [6, 6.07) is 6.95. The molecule has 2 aliphatic heterocycles. The lowest BCUT2D eigenvalue weighted by molar-refractivity contribution is -0.148. The average molecular weight is 474 g/mol. The van der Waals surface area contributed by atoms with Gasteiger partial charge in [0, 0.05) is 37.3 Å². The molecule has 1 aromatic carbocycles. The van der Waals surface area contributed by atoms with Gasteiger partial charge < -0.3 is 20.1 Å². The number of morpholine rings is 1. The van der Waals surface area contributed by atoms with Crippen LogP contribution in [0.15, 0.2) is 30.5 Å². The van der Waals surface area contributed by atoms with Crippen LogP contribution in [0, 0.1) is 5.92 Å². The highest BCUT2D eigenvalue weighted by Crippen LogP contribution is 2.49. The molecular weight excluding hydrogens is 438 g/mol. The summed E-state index contributed by atoms with van der Waals surface area (Å²) in [4.78, 5) is 19.6. The maximum absolute atomic E-state index is 12.8. The molecule has 1 amide bonds. The Bertz CT molecular complexity index is 1210. The molecule has 0 spiro atoms. The standard InChI is InChI=1S/C29H35N3O3/c1-17-10-18-4-5-22(18)27-23(17)13-21(14-31-27)20-11-19-6-8-32(28(33)29(2,3)34)15-25(19)24(12-20)26-16-35-9-7-30-26/h10-14,18,22,26,30,34H,4-9,15-16H2,1-3H3/t18-,22?,26-/m0/s1. The monoisotopic (exact) mass is 473 g/mol. The van der Waals surface area contributed by atoms with Gasteiger partial charge in [-0.2, -0.15) is 0 Å². The van der Waals surface area contributed by atoms with Gasteiger partial charge in [-0.15, -0.1) is 0 Å². The summed E-state index contributed by atoms with van der Waals surface area (Å²) in [5.41, 5.74) is 8.50. The Morgan fingerprint density at radius 2 is 2.09 bits per heavy atom. The first kappa shape index (κ1) is 22.9. The van der Waals surface area contributed by atoms with Crippen LogP contribution in [0.5, 0.6) is 0 Å². The summed E-state index contributed by atoms with van der Waals surface area (Å²) in [6.07, 6.45) is 7.78. The molecule has 0 bridgehead atoms. The molecule has 6 nitrogen and oxygen atoms in total. The van der Waals surface area contributed by atoms with E-state index in [2.05, 4.69) is 42.7 Å². The third-order valence-corrected chi connectivity index (χ3v) is 8.30. The molecule has 6 heteroatoms. The van der Waals surface area contributed by atoms with Crippen molar-refractivity contribution in [2.24, 2.45) is 5.92 Å². The molecule has 2 N–H and O–H groups in total. The van der Waals surface area contributed by atoms with E-state index >= 15 is 0 Å². The molecule has 35 heavy (non-hydrogen) atoms. The first-order valence-electron chi connectivity index (χ1n) is 13.0. The minimum atomic E-state index is -1.37. The van der Waals surface area contributed by atoms with Crippen molar-refractivity contribution < 1.29 is 14.6 Å². The summed E-state index contributed by atoms with van der Waals surface area (Å²) in [6.45, 7) is 8.61. The molecule has 1 aromatic heterocycles. The summed E-state index contributed by atoms with van der Waals surface area (Å²) >= 11 is 0. The third kappa shape index (κ3) is 4.02. The number of aliphatic hydroxyl groups is 1. The fourth-order valence-corrected chi connectivity index (χ4v) is 6.22. The molecule has 2 aliphatic carbocycles. The van der Waals surface area contributed by atoms with Gasteiger partial charge >= 0.3 is 0 Å². The zero-order valence-corrected chi connectivity index (χ0v) is 20.9. The Morgan fingerprint density at radius 1 is 1.23 bits per heavy atom. The van der Waals surface area contributed by atoms with Crippen LogP contribution in [-0.4, -0.2) is 52.8 Å². The highest BCUT2D eigenvalue weighted by molar-refractivity contribution is 5.84. The van der Waals surface area contributed by atoms with Crippen molar-refractivity contribution in [3.8, 4) is 11.1 Å². The number of carbonyl (C=O) groups is 1. The summed E-state index contributed by atoms with van der Waals surface area (Å²) < 4.78 is 5.82. The zero-order chi connectivity index (χ0) is 24.3. The van der Waals surface area contributed by atoms with Gasteiger partial charge in [-0.3, -0.25) is 9.78 Å². The summed E-state index contributed by atoms with van der Waals surface area (Å²) in [7, 11) is 0. The lowest BCUT2D eigenvalue weighted by Gasteiger charge is -2.39. The number of ether oxygens (including phenoxy) is 1. The number of nitrogens with zero attached hydrogens (tertiary/aromatic N) is 2. The number of amides is 1. The second-order valence-electron chi connectivity index (χ2n) is 11.2. The lowest BCUT2D eigenvalue weighted by Crippen LogP contribution is -2.47. The molecule has 4 aliphatic rings. The van der Waals surface area contributed by atoms with Crippen molar-refractivity contribution >= 4 is 11.5 Å². The number of benzene rings is 1. The molecule has 2 fully saturated rings. The molecule has 1 saturated heterocycles. The van der Waals surface area contributed by atoms with E-state index in [1.54, 1.807) is 18.7 Å². The Kier molecular flexibility index (Phi) is 5.59. The van der Waals surface area contributed by atoms with E-state index in [0.29, 0.717) is 38.1 Å². The molecule has 3 heterocycles. The maximum Gasteiger partial charge on any atom is 0.254 e. The number of fused-ring (bicyclic) bond motifs is 4. The van der Waals surface area contributed by atoms with Gasteiger partial charge in [0.1, 0.15) is 5.60 Å². The Balaban J connectivity index is 1.41. The number of rotatable bonds is 3. The molecular formula is C29H35N3O3. The van der Waals surface area contributed by atoms with Crippen LogP contribution in [0.25, 0.3) is 16.7 Å². The zero-order valence-electron chi connectivity index (χ0n) is 20.9. The van der Waals surface area contributed by atoms with Crippen molar-refractivity contribution in [2.75, 3.05) is 26.3 Å². The van der Waals surface area contributed by atoms with Crippen molar-refractivity contribution in [1.82, 2.24) is 15.2 Å². The van der Waals surface area contributed by atoms with Gasteiger partial charge in [-0.25, -0.2) is 0 Å². The van der Waals surface area contributed by atoms with E-state index in [1.807, 2.05) is 0 Å². The molecule has 6 rings (SSSR count). The van der Waals surface area contributed by atoms with Crippen molar-refractivity contribution in [3.63, 3.8) is 0 Å². The molecule has 2 aromatic rings. The van der Waals surface area contributed by atoms with Gasteiger partial charge in [0.15, 0.2) is 0 Å². The normalized spacial score (nSPS) is 25.7. The lowest BCUT2D eigenvalue weighted by atomic mass is 9.66.